The second-order valence-corrected chi connectivity index (χ2v) is 7.77. The molecule has 148 valence electrons. The van der Waals surface area contributed by atoms with E-state index in [1.807, 2.05) is 66.4 Å². The number of hydrogen-bond acceptors (Lipinski definition) is 3. The van der Waals surface area contributed by atoms with Gasteiger partial charge in [-0.15, -0.1) is 0 Å². The molecule has 1 heterocycles. The van der Waals surface area contributed by atoms with E-state index in [0.717, 1.165) is 41.9 Å². The van der Waals surface area contributed by atoms with Gasteiger partial charge < -0.3 is 5.32 Å². The van der Waals surface area contributed by atoms with Gasteiger partial charge in [-0.05, 0) is 67.9 Å². The summed E-state index contributed by atoms with van der Waals surface area (Å²) in [6, 6.07) is 24.4. The molecule has 3 aromatic rings. The first-order valence-corrected chi connectivity index (χ1v) is 10.1. The SMILES string of the molecule is CN(C)CN(C(=O)c1ccc(-c2ccccc2)cc1)c1ccc2c(c1)NCCC2. The fourth-order valence-electron chi connectivity index (χ4n) is 3.75. The fraction of sp³-hybridized carbons (Fsp3) is 0.240. The Labute approximate surface area is 172 Å². The molecule has 0 bridgehead atoms. The van der Waals surface area contributed by atoms with Crippen LogP contribution in [0, 0.1) is 0 Å². The molecule has 0 fully saturated rings. The highest BCUT2D eigenvalue weighted by Gasteiger charge is 2.20. The van der Waals surface area contributed by atoms with Crippen LogP contribution in [0.2, 0.25) is 0 Å². The third-order valence-corrected chi connectivity index (χ3v) is 5.25. The minimum Gasteiger partial charge on any atom is -0.385 e. The van der Waals surface area contributed by atoms with Gasteiger partial charge in [-0.3, -0.25) is 14.6 Å². The average Bonchev–Trinajstić information content (AvgIpc) is 2.77. The summed E-state index contributed by atoms with van der Waals surface area (Å²) in [7, 11) is 3.96. The first-order chi connectivity index (χ1) is 14.1. The van der Waals surface area contributed by atoms with Crippen LogP contribution >= 0.6 is 0 Å². The lowest BCUT2D eigenvalue weighted by Crippen LogP contribution is -2.38. The smallest absolute Gasteiger partial charge is 0.259 e. The number of aryl methyl sites for hydroxylation is 1. The summed E-state index contributed by atoms with van der Waals surface area (Å²) in [4.78, 5) is 17.2. The summed E-state index contributed by atoms with van der Waals surface area (Å²) in [5, 5.41) is 3.46. The molecule has 1 aliphatic rings. The van der Waals surface area contributed by atoms with Crippen LogP contribution in [0.3, 0.4) is 0 Å². The molecule has 3 aromatic carbocycles. The maximum absolute atomic E-state index is 13.4. The van der Waals surface area contributed by atoms with Gasteiger partial charge in [-0.2, -0.15) is 0 Å². The van der Waals surface area contributed by atoms with E-state index in [-0.39, 0.29) is 5.91 Å². The molecule has 1 aliphatic heterocycles. The molecule has 0 atom stereocenters. The monoisotopic (exact) mass is 385 g/mol. The van der Waals surface area contributed by atoms with Crippen LogP contribution in [-0.4, -0.2) is 38.1 Å². The van der Waals surface area contributed by atoms with Crippen molar-refractivity contribution >= 4 is 17.3 Å². The number of nitrogens with one attached hydrogen (secondary N) is 1. The Hall–Kier alpha value is -3.11. The minimum atomic E-state index is 0.00840. The maximum atomic E-state index is 13.4. The Balaban J connectivity index is 1.62. The van der Waals surface area contributed by atoms with E-state index in [0.29, 0.717) is 12.2 Å². The van der Waals surface area contributed by atoms with E-state index in [1.54, 1.807) is 0 Å². The Morgan fingerprint density at radius 1 is 0.931 bits per heavy atom. The number of fused-ring (bicyclic) bond motifs is 1. The molecule has 0 saturated heterocycles. The number of amides is 1. The summed E-state index contributed by atoms with van der Waals surface area (Å²) in [6.45, 7) is 1.51. The summed E-state index contributed by atoms with van der Waals surface area (Å²) < 4.78 is 0. The number of benzene rings is 3. The van der Waals surface area contributed by atoms with Crippen molar-refractivity contribution in [3.05, 3.63) is 83.9 Å². The second-order valence-electron chi connectivity index (χ2n) is 7.77. The lowest BCUT2D eigenvalue weighted by molar-refractivity contribution is 0.0975. The Morgan fingerprint density at radius 2 is 1.66 bits per heavy atom. The van der Waals surface area contributed by atoms with Crippen LogP contribution in [0.15, 0.2) is 72.8 Å². The molecular formula is C25H27N3O. The van der Waals surface area contributed by atoms with E-state index >= 15 is 0 Å². The van der Waals surface area contributed by atoms with Gasteiger partial charge in [0.15, 0.2) is 0 Å². The fourth-order valence-corrected chi connectivity index (χ4v) is 3.75. The molecule has 4 rings (SSSR count). The highest BCUT2D eigenvalue weighted by atomic mass is 16.2. The predicted octanol–water partition coefficient (Wildman–Crippen LogP) is 4.88. The van der Waals surface area contributed by atoms with Crippen molar-refractivity contribution in [3.8, 4) is 11.1 Å². The third-order valence-electron chi connectivity index (χ3n) is 5.25. The van der Waals surface area contributed by atoms with Crippen LogP contribution in [0.1, 0.15) is 22.3 Å². The number of anilines is 2. The summed E-state index contributed by atoms with van der Waals surface area (Å²) in [6.07, 6.45) is 2.24. The van der Waals surface area contributed by atoms with Gasteiger partial charge in [0, 0.05) is 23.5 Å². The third kappa shape index (κ3) is 4.33. The first-order valence-electron chi connectivity index (χ1n) is 10.1. The zero-order chi connectivity index (χ0) is 20.2. The normalized spacial score (nSPS) is 12.9. The molecule has 4 nitrogen and oxygen atoms in total. The minimum absolute atomic E-state index is 0.00840. The van der Waals surface area contributed by atoms with Crippen LogP contribution in [0.5, 0.6) is 0 Å². The van der Waals surface area contributed by atoms with Crippen molar-refractivity contribution in [1.29, 1.82) is 0 Å². The number of rotatable bonds is 5. The van der Waals surface area contributed by atoms with Gasteiger partial charge in [0.1, 0.15) is 0 Å². The topological polar surface area (TPSA) is 35.6 Å². The lowest BCUT2D eigenvalue weighted by Gasteiger charge is -2.28. The van der Waals surface area contributed by atoms with Crippen molar-refractivity contribution in [2.45, 2.75) is 12.8 Å². The largest absolute Gasteiger partial charge is 0.385 e. The molecule has 4 heteroatoms. The van der Waals surface area contributed by atoms with Gasteiger partial charge in [0.2, 0.25) is 0 Å². The predicted molar refractivity (Wildman–Crippen MR) is 120 cm³/mol. The Kier molecular flexibility index (Phi) is 5.63. The highest BCUT2D eigenvalue weighted by molar-refractivity contribution is 6.06. The van der Waals surface area contributed by atoms with Crippen LogP contribution in [-0.2, 0) is 6.42 Å². The van der Waals surface area contributed by atoms with Crippen LogP contribution in [0.25, 0.3) is 11.1 Å². The molecule has 29 heavy (non-hydrogen) atoms. The van der Waals surface area contributed by atoms with Crippen molar-refractivity contribution in [1.82, 2.24) is 4.90 Å². The molecule has 1 amide bonds. The van der Waals surface area contributed by atoms with E-state index in [4.69, 9.17) is 0 Å². The molecular weight excluding hydrogens is 358 g/mol. The molecule has 0 spiro atoms. The number of hydrogen-bond donors (Lipinski definition) is 1. The zero-order valence-electron chi connectivity index (χ0n) is 17.1. The number of carbonyl (C=O) groups is 1. The second kappa shape index (κ2) is 8.50. The zero-order valence-corrected chi connectivity index (χ0v) is 17.1. The van der Waals surface area contributed by atoms with Crippen LogP contribution in [0.4, 0.5) is 11.4 Å². The van der Waals surface area contributed by atoms with Gasteiger partial charge in [0.05, 0.1) is 6.67 Å². The van der Waals surface area contributed by atoms with Gasteiger partial charge >= 0.3 is 0 Å². The van der Waals surface area contributed by atoms with Crippen molar-refractivity contribution < 1.29 is 4.79 Å². The molecule has 1 N–H and O–H groups in total. The van der Waals surface area contributed by atoms with E-state index in [2.05, 4.69) is 35.6 Å². The van der Waals surface area contributed by atoms with E-state index in [1.165, 1.54) is 5.56 Å². The summed E-state index contributed by atoms with van der Waals surface area (Å²) in [5.74, 6) is 0.00840. The number of carbonyl (C=O) groups excluding carboxylic acids is 1. The first kappa shape index (κ1) is 19.2. The maximum Gasteiger partial charge on any atom is 0.259 e. The number of nitrogens with zero attached hydrogens (tertiary/aromatic N) is 2. The van der Waals surface area contributed by atoms with E-state index in [9.17, 15) is 4.79 Å². The van der Waals surface area contributed by atoms with Crippen LogP contribution < -0.4 is 10.2 Å². The van der Waals surface area contributed by atoms with Crippen molar-refractivity contribution in [3.63, 3.8) is 0 Å². The summed E-state index contributed by atoms with van der Waals surface area (Å²) in [5.41, 5.74) is 6.34. The van der Waals surface area contributed by atoms with Gasteiger partial charge in [-0.1, -0.05) is 48.5 Å². The molecule has 0 unspecified atom stereocenters. The molecule has 0 aliphatic carbocycles. The van der Waals surface area contributed by atoms with Gasteiger partial charge in [0.25, 0.3) is 5.91 Å². The summed E-state index contributed by atoms with van der Waals surface area (Å²) >= 11 is 0. The molecule has 0 saturated carbocycles. The molecule has 0 radical (unpaired) electrons. The standard InChI is InChI=1S/C25H27N3O/c1-27(2)18-28(23-15-14-21-9-6-16-26-24(21)17-23)25(29)22-12-10-20(11-13-22)19-7-4-3-5-8-19/h3-5,7-8,10-15,17,26H,6,9,16,18H2,1-2H3. The molecule has 0 aromatic heterocycles. The quantitative estimate of drug-likeness (QED) is 0.636. The average molecular weight is 386 g/mol. The lowest BCUT2D eigenvalue weighted by atomic mass is 10.0. The van der Waals surface area contributed by atoms with Crippen molar-refractivity contribution in [2.24, 2.45) is 0 Å². The van der Waals surface area contributed by atoms with Crippen molar-refractivity contribution in [2.75, 3.05) is 37.5 Å². The highest BCUT2D eigenvalue weighted by Crippen LogP contribution is 2.29. The van der Waals surface area contributed by atoms with E-state index < -0.39 is 0 Å². The Bertz CT molecular complexity index is 981. The Morgan fingerprint density at radius 3 is 2.38 bits per heavy atom. The van der Waals surface area contributed by atoms with Gasteiger partial charge in [-0.25, -0.2) is 0 Å².